The molecule has 1 aromatic heterocycles. The van der Waals surface area contributed by atoms with Gasteiger partial charge in [-0.3, -0.25) is 0 Å². The van der Waals surface area contributed by atoms with Gasteiger partial charge in [0.1, 0.15) is 5.82 Å². The van der Waals surface area contributed by atoms with Crippen molar-refractivity contribution in [3.63, 3.8) is 0 Å². The van der Waals surface area contributed by atoms with Crippen molar-refractivity contribution in [3.8, 4) is 11.5 Å². The van der Waals surface area contributed by atoms with Crippen LogP contribution in [0.3, 0.4) is 0 Å². The van der Waals surface area contributed by atoms with E-state index in [-0.39, 0.29) is 5.82 Å². The zero-order valence-corrected chi connectivity index (χ0v) is 8.20. The molecule has 4 nitrogen and oxygen atoms in total. The third-order valence-electron chi connectivity index (χ3n) is 1.87. The number of halogens is 1. The highest BCUT2D eigenvalue weighted by molar-refractivity contribution is 5.52. The van der Waals surface area contributed by atoms with Crippen molar-refractivity contribution in [2.24, 2.45) is 0 Å². The summed E-state index contributed by atoms with van der Waals surface area (Å²) in [4.78, 5) is 4.10. The SMILES string of the molecule is CNCc1noc(-c2cccc(F)c2)n1. The molecule has 0 bridgehead atoms. The van der Waals surface area contributed by atoms with Crippen LogP contribution < -0.4 is 5.32 Å². The summed E-state index contributed by atoms with van der Waals surface area (Å²) in [6, 6.07) is 6.05. The van der Waals surface area contributed by atoms with E-state index in [1.54, 1.807) is 19.2 Å². The second-order valence-electron chi connectivity index (χ2n) is 3.06. The number of nitrogens with zero attached hydrogens (tertiary/aromatic N) is 2. The number of hydrogen-bond donors (Lipinski definition) is 1. The Morgan fingerprint density at radius 2 is 2.33 bits per heavy atom. The van der Waals surface area contributed by atoms with Crippen molar-refractivity contribution in [1.29, 1.82) is 0 Å². The van der Waals surface area contributed by atoms with Crippen LogP contribution in [0.2, 0.25) is 0 Å². The van der Waals surface area contributed by atoms with Crippen molar-refractivity contribution in [2.75, 3.05) is 7.05 Å². The molecule has 0 aliphatic carbocycles. The Hall–Kier alpha value is -1.75. The molecule has 0 amide bonds. The van der Waals surface area contributed by atoms with Crippen LogP contribution in [0.1, 0.15) is 5.82 Å². The van der Waals surface area contributed by atoms with Crippen LogP contribution in [-0.2, 0) is 6.54 Å². The Balaban J connectivity index is 2.29. The van der Waals surface area contributed by atoms with Gasteiger partial charge in [0.2, 0.25) is 0 Å². The Bertz CT molecular complexity index is 455. The molecule has 2 rings (SSSR count). The van der Waals surface area contributed by atoms with E-state index in [1.165, 1.54) is 12.1 Å². The highest BCUT2D eigenvalue weighted by Crippen LogP contribution is 2.17. The largest absolute Gasteiger partial charge is 0.334 e. The second kappa shape index (κ2) is 4.18. The number of hydrogen-bond acceptors (Lipinski definition) is 4. The standard InChI is InChI=1S/C10H10FN3O/c1-12-6-9-13-10(15-14-9)7-3-2-4-8(11)5-7/h2-5,12H,6H2,1H3. The monoisotopic (exact) mass is 207 g/mol. The molecule has 0 saturated carbocycles. The minimum Gasteiger partial charge on any atom is -0.334 e. The molecule has 1 heterocycles. The van der Waals surface area contributed by atoms with Gasteiger partial charge in [0.15, 0.2) is 5.82 Å². The molecule has 5 heteroatoms. The molecule has 78 valence electrons. The third kappa shape index (κ3) is 2.19. The molecule has 0 spiro atoms. The summed E-state index contributed by atoms with van der Waals surface area (Å²) in [6.45, 7) is 0.527. The summed E-state index contributed by atoms with van der Waals surface area (Å²) >= 11 is 0. The zero-order chi connectivity index (χ0) is 10.7. The van der Waals surface area contributed by atoms with Crippen molar-refractivity contribution >= 4 is 0 Å². The first kappa shape index (κ1) is 9.79. The van der Waals surface area contributed by atoms with Crippen LogP contribution in [0.4, 0.5) is 4.39 Å². The highest BCUT2D eigenvalue weighted by Gasteiger charge is 2.08. The lowest BCUT2D eigenvalue weighted by atomic mass is 10.2. The van der Waals surface area contributed by atoms with E-state index in [1.807, 2.05) is 0 Å². The Kier molecular flexibility index (Phi) is 2.73. The van der Waals surface area contributed by atoms with Crippen molar-refractivity contribution < 1.29 is 8.91 Å². The summed E-state index contributed by atoms with van der Waals surface area (Å²) in [6.07, 6.45) is 0. The Morgan fingerprint density at radius 3 is 3.07 bits per heavy atom. The first-order valence-corrected chi connectivity index (χ1v) is 4.52. The van der Waals surface area contributed by atoms with Gasteiger partial charge in [-0.2, -0.15) is 4.98 Å². The maximum absolute atomic E-state index is 12.9. The molecule has 0 unspecified atom stereocenters. The number of nitrogens with one attached hydrogen (secondary N) is 1. The molecule has 1 N–H and O–H groups in total. The molecular formula is C10H10FN3O. The summed E-state index contributed by atoms with van der Waals surface area (Å²) < 4.78 is 17.9. The van der Waals surface area contributed by atoms with Crippen molar-refractivity contribution in [3.05, 3.63) is 35.9 Å². The zero-order valence-electron chi connectivity index (χ0n) is 8.20. The molecule has 0 atom stereocenters. The van der Waals surface area contributed by atoms with E-state index in [0.717, 1.165) is 0 Å². The van der Waals surface area contributed by atoms with Gasteiger partial charge < -0.3 is 9.84 Å². The van der Waals surface area contributed by atoms with Gasteiger partial charge in [-0.15, -0.1) is 0 Å². The summed E-state index contributed by atoms with van der Waals surface area (Å²) in [5.74, 6) is 0.567. The number of aromatic nitrogens is 2. The molecule has 0 radical (unpaired) electrons. The van der Waals surface area contributed by atoms with Crippen LogP contribution in [0.5, 0.6) is 0 Å². The van der Waals surface area contributed by atoms with Crippen molar-refractivity contribution in [1.82, 2.24) is 15.5 Å². The molecule has 2 aromatic rings. The van der Waals surface area contributed by atoms with Crippen LogP contribution in [0, 0.1) is 5.82 Å². The molecule has 15 heavy (non-hydrogen) atoms. The van der Waals surface area contributed by atoms with Crippen LogP contribution in [0.15, 0.2) is 28.8 Å². The van der Waals surface area contributed by atoms with E-state index in [9.17, 15) is 4.39 Å². The van der Waals surface area contributed by atoms with Crippen LogP contribution in [-0.4, -0.2) is 17.2 Å². The van der Waals surface area contributed by atoms with Crippen LogP contribution in [0.25, 0.3) is 11.5 Å². The smallest absolute Gasteiger partial charge is 0.258 e. The molecular weight excluding hydrogens is 197 g/mol. The average molecular weight is 207 g/mol. The Morgan fingerprint density at radius 1 is 1.47 bits per heavy atom. The van der Waals surface area contributed by atoms with E-state index in [4.69, 9.17) is 4.52 Å². The van der Waals surface area contributed by atoms with E-state index >= 15 is 0 Å². The topological polar surface area (TPSA) is 51.0 Å². The molecule has 0 aliphatic rings. The van der Waals surface area contributed by atoms with Crippen LogP contribution >= 0.6 is 0 Å². The quantitative estimate of drug-likeness (QED) is 0.830. The summed E-state index contributed by atoms with van der Waals surface area (Å²) in [7, 11) is 1.79. The predicted octanol–water partition coefficient (Wildman–Crippen LogP) is 1.60. The average Bonchev–Trinajstić information content (AvgIpc) is 2.67. The lowest BCUT2D eigenvalue weighted by Gasteiger charge is -1.92. The Labute approximate surface area is 86.1 Å². The fourth-order valence-corrected chi connectivity index (χ4v) is 1.22. The van der Waals surface area contributed by atoms with E-state index < -0.39 is 0 Å². The normalized spacial score (nSPS) is 10.5. The maximum Gasteiger partial charge on any atom is 0.258 e. The fraction of sp³-hybridized carbons (Fsp3) is 0.200. The predicted molar refractivity (Wildman–Crippen MR) is 52.5 cm³/mol. The molecule has 0 saturated heterocycles. The van der Waals surface area contributed by atoms with E-state index in [0.29, 0.717) is 23.8 Å². The third-order valence-corrected chi connectivity index (χ3v) is 1.87. The summed E-state index contributed by atoms with van der Waals surface area (Å²) in [5.41, 5.74) is 0.588. The fourth-order valence-electron chi connectivity index (χ4n) is 1.22. The molecule has 1 aromatic carbocycles. The maximum atomic E-state index is 12.9. The van der Waals surface area contributed by atoms with E-state index in [2.05, 4.69) is 15.5 Å². The summed E-state index contributed by atoms with van der Waals surface area (Å²) in [5, 5.41) is 6.64. The molecule has 0 aliphatic heterocycles. The minimum absolute atomic E-state index is 0.319. The lowest BCUT2D eigenvalue weighted by molar-refractivity contribution is 0.420. The lowest BCUT2D eigenvalue weighted by Crippen LogP contribution is -2.06. The second-order valence-corrected chi connectivity index (χ2v) is 3.06. The van der Waals surface area contributed by atoms with Crippen molar-refractivity contribution in [2.45, 2.75) is 6.54 Å². The highest BCUT2D eigenvalue weighted by atomic mass is 19.1. The molecule has 0 fully saturated rings. The van der Waals surface area contributed by atoms with Gasteiger partial charge in [-0.05, 0) is 25.2 Å². The van der Waals surface area contributed by atoms with Gasteiger partial charge in [0, 0.05) is 5.56 Å². The minimum atomic E-state index is -0.319. The van der Waals surface area contributed by atoms with Gasteiger partial charge in [0.25, 0.3) is 5.89 Å². The number of rotatable bonds is 3. The number of benzene rings is 1. The van der Waals surface area contributed by atoms with Gasteiger partial charge in [-0.25, -0.2) is 4.39 Å². The van der Waals surface area contributed by atoms with Gasteiger partial charge in [-0.1, -0.05) is 11.2 Å². The first-order valence-electron chi connectivity index (χ1n) is 4.52. The first-order chi connectivity index (χ1) is 7.29. The van der Waals surface area contributed by atoms with Gasteiger partial charge >= 0.3 is 0 Å². The van der Waals surface area contributed by atoms with Gasteiger partial charge in [0.05, 0.1) is 6.54 Å².